The molecule has 1 aliphatic rings. The monoisotopic (exact) mass is 321 g/mol. The van der Waals surface area contributed by atoms with Gasteiger partial charge in [0.1, 0.15) is 6.04 Å². The van der Waals surface area contributed by atoms with Crippen molar-refractivity contribution in [2.75, 3.05) is 0 Å². The molecule has 0 bridgehead atoms. The van der Waals surface area contributed by atoms with Crippen molar-refractivity contribution < 1.29 is 19.2 Å². The van der Waals surface area contributed by atoms with Crippen LogP contribution in [0.15, 0.2) is 16.7 Å². The van der Waals surface area contributed by atoms with Gasteiger partial charge in [-0.3, -0.25) is 4.79 Å². The third-order valence-corrected chi connectivity index (χ3v) is 4.01. The number of hydrogen-bond donors (Lipinski definition) is 2. The summed E-state index contributed by atoms with van der Waals surface area (Å²) in [6.07, 6.45) is 8.75. The molecular formula is C16H23N3O4. The number of nitrogens with one attached hydrogen (secondary N) is 1. The van der Waals surface area contributed by atoms with Gasteiger partial charge in [-0.25, -0.2) is 4.79 Å². The zero-order chi connectivity index (χ0) is 16.7. The van der Waals surface area contributed by atoms with E-state index in [9.17, 15) is 9.59 Å². The summed E-state index contributed by atoms with van der Waals surface area (Å²) in [5.74, 6) is 0.163. The maximum Gasteiger partial charge on any atom is 0.326 e. The molecule has 7 heteroatoms. The van der Waals surface area contributed by atoms with Crippen LogP contribution in [-0.4, -0.2) is 33.2 Å². The molecule has 1 fully saturated rings. The summed E-state index contributed by atoms with van der Waals surface area (Å²) >= 11 is 0. The molecule has 23 heavy (non-hydrogen) atoms. The topological polar surface area (TPSA) is 105 Å². The number of rotatable bonds is 8. The normalized spacial score (nSPS) is 16.7. The molecule has 1 heterocycles. The molecule has 0 radical (unpaired) electrons. The number of allylic oxidation sites excluding steroid dienone is 1. The summed E-state index contributed by atoms with van der Waals surface area (Å²) in [4.78, 5) is 27.3. The molecular weight excluding hydrogens is 298 g/mol. The van der Waals surface area contributed by atoms with Gasteiger partial charge in [0.2, 0.25) is 11.8 Å². The zero-order valence-corrected chi connectivity index (χ0v) is 13.3. The number of carbonyl (C=O) groups is 2. The van der Waals surface area contributed by atoms with Gasteiger partial charge < -0.3 is 14.9 Å². The lowest BCUT2D eigenvalue weighted by molar-refractivity contribution is -0.141. The van der Waals surface area contributed by atoms with Crippen LogP contribution in [0.4, 0.5) is 0 Å². The number of aromatic nitrogens is 2. The minimum absolute atomic E-state index is 0.131. The summed E-state index contributed by atoms with van der Waals surface area (Å²) in [6, 6.07) is -0.907. The van der Waals surface area contributed by atoms with E-state index in [-0.39, 0.29) is 18.7 Å². The SMILES string of the molecule is C/C=C/CC(NC(=O)CCc1nc(C2CCCC2)no1)C(=O)O. The van der Waals surface area contributed by atoms with Gasteiger partial charge in [0, 0.05) is 18.8 Å². The Kier molecular flexibility index (Phi) is 6.31. The maximum absolute atomic E-state index is 11.9. The van der Waals surface area contributed by atoms with Crippen LogP contribution in [0.2, 0.25) is 0 Å². The summed E-state index contributed by atoms with van der Waals surface area (Å²) in [7, 11) is 0. The van der Waals surface area contributed by atoms with E-state index in [4.69, 9.17) is 9.63 Å². The molecule has 2 rings (SSSR count). The van der Waals surface area contributed by atoms with E-state index >= 15 is 0 Å². The van der Waals surface area contributed by atoms with Crippen LogP contribution in [0.5, 0.6) is 0 Å². The molecule has 7 nitrogen and oxygen atoms in total. The molecule has 126 valence electrons. The number of aliphatic carboxylic acids is 1. The minimum atomic E-state index is -1.04. The molecule has 1 atom stereocenters. The summed E-state index contributed by atoms with van der Waals surface area (Å²) < 4.78 is 5.18. The quantitative estimate of drug-likeness (QED) is 0.711. The first kappa shape index (κ1) is 17.2. The van der Waals surface area contributed by atoms with Gasteiger partial charge in [-0.15, -0.1) is 0 Å². The largest absolute Gasteiger partial charge is 0.480 e. The Morgan fingerprint density at radius 3 is 2.83 bits per heavy atom. The summed E-state index contributed by atoms with van der Waals surface area (Å²) in [5, 5.41) is 15.6. The Morgan fingerprint density at radius 2 is 2.17 bits per heavy atom. The standard InChI is InChI=1S/C16H23N3O4/c1-2-3-8-12(16(21)22)17-13(20)9-10-14-18-15(19-23-14)11-6-4-5-7-11/h2-3,11-12H,4-10H2,1H3,(H,17,20)(H,21,22)/b3-2+. The average molecular weight is 321 g/mol. The number of hydrogen-bond acceptors (Lipinski definition) is 5. The lowest BCUT2D eigenvalue weighted by Gasteiger charge is -2.11. The zero-order valence-electron chi connectivity index (χ0n) is 13.3. The Morgan fingerprint density at radius 1 is 1.43 bits per heavy atom. The molecule has 1 aliphatic carbocycles. The molecule has 0 aromatic carbocycles. The predicted molar refractivity (Wildman–Crippen MR) is 82.8 cm³/mol. The molecule has 1 aromatic heterocycles. The highest BCUT2D eigenvalue weighted by Gasteiger charge is 2.23. The van der Waals surface area contributed by atoms with Crippen molar-refractivity contribution in [3.63, 3.8) is 0 Å². The second-order valence-electron chi connectivity index (χ2n) is 5.79. The fourth-order valence-corrected chi connectivity index (χ4v) is 2.70. The third kappa shape index (κ3) is 5.19. The van der Waals surface area contributed by atoms with Gasteiger partial charge in [-0.2, -0.15) is 4.98 Å². The highest BCUT2D eigenvalue weighted by atomic mass is 16.5. The number of nitrogens with zero attached hydrogens (tertiary/aromatic N) is 2. The van der Waals surface area contributed by atoms with Crippen molar-refractivity contribution in [1.82, 2.24) is 15.5 Å². The van der Waals surface area contributed by atoms with Crippen LogP contribution in [0, 0.1) is 0 Å². The third-order valence-electron chi connectivity index (χ3n) is 4.01. The van der Waals surface area contributed by atoms with Gasteiger partial charge >= 0.3 is 5.97 Å². The maximum atomic E-state index is 11.9. The molecule has 0 saturated heterocycles. The van der Waals surface area contributed by atoms with E-state index in [1.54, 1.807) is 19.1 Å². The Balaban J connectivity index is 1.80. The first-order chi connectivity index (χ1) is 11.1. The number of aryl methyl sites for hydroxylation is 1. The Hall–Kier alpha value is -2.18. The average Bonchev–Trinajstić information content (AvgIpc) is 3.19. The smallest absolute Gasteiger partial charge is 0.326 e. The van der Waals surface area contributed by atoms with E-state index in [2.05, 4.69) is 15.5 Å². The van der Waals surface area contributed by atoms with Crippen molar-refractivity contribution in [2.24, 2.45) is 0 Å². The minimum Gasteiger partial charge on any atom is -0.480 e. The number of amides is 1. The fraction of sp³-hybridized carbons (Fsp3) is 0.625. The summed E-state index contributed by atoms with van der Waals surface area (Å²) in [5.41, 5.74) is 0. The Labute approximate surface area is 135 Å². The van der Waals surface area contributed by atoms with E-state index in [1.807, 2.05) is 0 Å². The molecule has 0 spiro atoms. The van der Waals surface area contributed by atoms with Crippen LogP contribution in [0.3, 0.4) is 0 Å². The van der Waals surface area contributed by atoms with E-state index in [0.717, 1.165) is 18.7 Å². The van der Waals surface area contributed by atoms with Crippen LogP contribution in [-0.2, 0) is 16.0 Å². The summed E-state index contributed by atoms with van der Waals surface area (Å²) in [6.45, 7) is 1.80. The highest BCUT2D eigenvalue weighted by molar-refractivity contribution is 5.83. The molecule has 0 aliphatic heterocycles. The molecule has 1 aromatic rings. The van der Waals surface area contributed by atoms with Crippen LogP contribution >= 0.6 is 0 Å². The van der Waals surface area contributed by atoms with Gasteiger partial charge in [-0.1, -0.05) is 30.2 Å². The van der Waals surface area contributed by atoms with E-state index in [0.29, 0.717) is 18.2 Å². The first-order valence-corrected chi connectivity index (χ1v) is 8.06. The van der Waals surface area contributed by atoms with E-state index in [1.165, 1.54) is 12.8 Å². The van der Waals surface area contributed by atoms with Crippen molar-refractivity contribution in [3.8, 4) is 0 Å². The molecule has 1 unspecified atom stereocenters. The first-order valence-electron chi connectivity index (χ1n) is 8.06. The van der Waals surface area contributed by atoms with Gasteiger partial charge in [-0.05, 0) is 26.2 Å². The van der Waals surface area contributed by atoms with Crippen LogP contribution in [0.1, 0.15) is 63.1 Å². The van der Waals surface area contributed by atoms with Crippen molar-refractivity contribution >= 4 is 11.9 Å². The van der Waals surface area contributed by atoms with Crippen LogP contribution in [0.25, 0.3) is 0 Å². The predicted octanol–water partition coefficient (Wildman–Crippen LogP) is 2.20. The Bertz CT molecular complexity index is 561. The number of carboxylic acids is 1. The molecule has 2 N–H and O–H groups in total. The molecule has 1 amide bonds. The van der Waals surface area contributed by atoms with Crippen molar-refractivity contribution in [2.45, 2.75) is 63.8 Å². The number of carbonyl (C=O) groups excluding carboxylic acids is 1. The van der Waals surface area contributed by atoms with Gasteiger partial charge in [0.25, 0.3) is 0 Å². The van der Waals surface area contributed by atoms with Gasteiger partial charge in [0.05, 0.1) is 0 Å². The molecule has 1 saturated carbocycles. The number of carboxylic acid groups (broad SMARTS) is 1. The fourth-order valence-electron chi connectivity index (χ4n) is 2.70. The highest BCUT2D eigenvalue weighted by Crippen LogP contribution is 2.32. The lowest BCUT2D eigenvalue weighted by atomic mass is 10.1. The van der Waals surface area contributed by atoms with Gasteiger partial charge in [0.15, 0.2) is 5.82 Å². The van der Waals surface area contributed by atoms with Crippen molar-refractivity contribution in [1.29, 1.82) is 0 Å². The van der Waals surface area contributed by atoms with Crippen molar-refractivity contribution in [3.05, 3.63) is 23.9 Å². The van der Waals surface area contributed by atoms with E-state index < -0.39 is 12.0 Å². The lowest BCUT2D eigenvalue weighted by Crippen LogP contribution is -2.40. The second kappa shape index (κ2) is 8.45. The second-order valence-corrected chi connectivity index (χ2v) is 5.79. The van der Waals surface area contributed by atoms with Crippen LogP contribution < -0.4 is 5.32 Å².